The molecule has 0 aliphatic rings. The van der Waals surface area contributed by atoms with Crippen molar-refractivity contribution < 1.29 is 14.6 Å². The van der Waals surface area contributed by atoms with Crippen LogP contribution in [0.3, 0.4) is 0 Å². The average Bonchev–Trinajstić information content (AvgIpc) is 2.70. The normalized spacial score (nSPS) is 10.4. The first-order valence-electron chi connectivity index (χ1n) is 5.40. The molecule has 100 valence electrons. The van der Waals surface area contributed by atoms with Gasteiger partial charge in [-0.2, -0.15) is 9.36 Å². The van der Waals surface area contributed by atoms with Gasteiger partial charge in [0.2, 0.25) is 0 Å². The fourth-order valence-corrected chi connectivity index (χ4v) is 1.63. The van der Waals surface area contributed by atoms with Crippen molar-refractivity contribution >= 4 is 5.97 Å². The molecule has 0 spiro atoms. The zero-order valence-corrected chi connectivity index (χ0v) is 10.4. The van der Waals surface area contributed by atoms with Crippen molar-refractivity contribution in [3.8, 4) is 5.75 Å². The Kier molecular flexibility index (Phi) is 3.32. The van der Waals surface area contributed by atoms with Crippen LogP contribution in [0, 0.1) is 0 Å². The van der Waals surface area contributed by atoms with Crippen molar-refractivity contribution in [2.45, 2.75) is 6.54 Å². The zero-order valence-electron chi connectivity index (χ0n) is 10.4. The van der Waals surface area contributed by atoms with Crippen molar-refractivity contribution in [1.82, 2.24) is 19.8 Å². The first-order chi connectivity index (χ1) is 9.02. The average molecular weight is 264 g/mol. The topological polar surface area (TPSA) is 99.2 Å². The Morgan fingerprint density at radius 1 is 1.42 bits per heavy atom. The summed E-state index contributed by atoms with van der Waals surface area (Å²) in [4.78, 5) is 22.5. The van der Waals surface area contributed by atoms with Gasteiger partial charge in [0, 0.05) is 7.05 Å². The number of ether oxygens (including phenoxy) is 1. The highest BCUT2D eigenvalue weighted by atomic mass is 16.5. The van der Waals surface area contributed by atoms with Gasteiger partial charge in [-0.25, -0.2) is 9.59 Å². The van der Waals surface area contributed by atoms with Gasteiger partial charge in [0.1, 0.15) is 11.3 Å². The van der Waals surface area contributed by atoms with Gasteiger partial charge in [-0.3, -0.25) is 0 Å². The maximum atomic E-state index is 11.6. The summed E-state index contributed by atoms with van der Waals surface area (Å²) >= 11 is 0. The number of carbonyl (C=O) groups is 1. The molecular formula is C11H12N4O4. The lowest BCUT2D eigenvalue weighted by atomic mass is 10.1. The Balaban J connectivity index is 2.34. The van der Waals surface area contributed by atoms with Crippen LogP contribution in [0.25, 0.3) is 0 Å². The Morgan fingerprint density at radius 2 is 2.16 bits per heavy atom. The molecule has 2 aromatic rings. The lowest BCUT2D eigenvalue weighted by molar-refractivity contribution is 0.0693. The number of aryl methyl sites for hydroxylation is 1. The number of carboxylic acid groups (broad SMARTS) is 1. The van der Waals surface area contributed by atoms with Crippen LogP contribution in [-0.2, 0) is 13.6 Å². The smallest absolute Gasteiger partial charge is 0.363 e. The van der Waals surface area contributed by atoms with Crippen LogP contribution >= 0.6 is 0 Å². The summed E-state index contributed by atoms with van der Waals surface area (Å²) in [5, 5.41) is 16.2. The third kappa shape index (κ3) is 2.46. The van der Waals surface area contributed by atoms with E-state index in [0.29, 0.717) is 5.56 Å². The first-order valence-corrected chi connectivity index (χ1v) is 5.40. The Bertz CT molecular complexity index is 674. The Labute approximate surface area is 107 Å². The van der Waals surface area contributed by atoms with Crippen LogP contribution in [0.5, 0.6) is 5.75 Å². The van der Waals surface area contributed by atoms with E-state index in [4.69, 9.17) is 9.84 Å². The molecule has 0 saturated heterocycles. The van der Waals surface area contributed by atoms with Gasteiger partial charge in [-0.05, 0) is 28.1 Å². The molecule has 0 bridgehead atoms. The Morgan fingerprint density at radius 3 is 2.68 bits per heavy atom. The Hall–Kier alpha value is -2.64. The lowest BCUT2D eigenvalue weighted by Crippen LogP contribution is -2.23. The monoisotopic (exact) mass is 264 g/mol. The van der Waals surface area contributed by atoms with Gasteiger partial charge >= 0.3 is 11.7 Å². The standard InChI is InChI=1S/C11H12N4O4/c1-14-11(18)15(13-12-14)6-7-3-4-8(10(16)17)9(5-7)19-2/h3-5H,6H2,1-2H3,(H,16,17). The summed E-state index contributed by atoms with van der Waals surface area (Å²) in [5.41, 5.74) is 0.420. The lowest BCUT2D eigenvalue weighted by Gasteiger charge is -2.07. The highest BCUT2D eigenvalue weighted by Gasteiger charge is 2.12. The number of nitrogens with zero attached hydrogens (tertiary/aromatic N) is 4. The number of methoxy groups -OCH3 is 1. The van der Waals surface area contributed by atoms with E-state index in [-0.39, 0.29) is 23.5 Å². The van der Waals surface area contributed by atoms with E-state index in [1.807, 2.05) is 0 Å². The largest absolute Gasteiger partial charge is 0.496 e. The highest BCUT2D eigenvalue weighted by molar-refractivity contribution is 5.90. The van der Waals surface area contributed by atoms with Crippen molar-refractivity contribution in [2.75, 3.05) is 7.11 Å². The number of hydrogen-bond acceptors (Lipinski definition) is 5. The van der Waals surface area contributed by atoms with Gasteiger partial charge < -0.3 is 9.84 Å². The molecular weight excluding hydrogens is 252 g/mol. The van der Waals surface area contributed by atoms with E-state index >= 15 is 0 Å². The minimum atomic E-state index is -1.07. The summed E-state index contributed by atoms with van der Waals surface area (Å²) in [6.45, 7) is 0.197. The SMILES string of the molecule is COc1cc(Cn2nnn(C)c2=O)ccc1C(=O)O. The van der Waals surface area contributed by atoms with E-state index in [0.717, 1.165) is 4.68 Å². The summed E-state index contributed by atoms with van der Waals surface area (Å²) in [7, 11) is 2.89. The summed E-state index contributed by atoms with van der Waals surface area (Å²) < 4.78 is 7.30. The molecule has 1 N–H and O–H groups in total. The van der Waals surface area contributed by atoms with Crippen molar-refractivity contribution in [1.29, 1.82) is 0 Å². The minimum Gasteiger partial charge on any atom is -0.496 e. The second-order valence-corrected chi connectivity index (χ2v) is 3.88. The van der Waals surface area contributed by atoms with Crippen LogP contribution in [0.2, 0.25) is 0 Å². The van der Waals surface area contributed by atoms with Crippen molar-refractivity contribution in [3.05, 3.63) is 39.8 Å². The third-order valence-electron chi connectivity index (χ3n) is 2.61. The molecule has 19 heavy (non-hydrogen) atoms. The van der Waals surface area contributed by atoms with Crippen LogP contribution in [0.15, 0.2) is 23.0 Å². The molecule has 1 aromatic heterocycles. The maximum absolute atomic E-state index is 11.6. The summed E-state index contributed by atoms with van der Waals surface area (Å²) in [6.07, 6.45) is 0. The fraction of sp³-hybridized carbons (Fsp3) is 0.273. The van der Waals surface area contributed by atoms with E-state index in [1.165, 1.54) is 24.9 Å². The van der Waals surface area contributed by atoms with E-state index in [1.54, 1.807) is 12.1 Å². The van der Waals surface area contributed by atoms with Crippen molar-refractivity contribution in [3.63, 3.8) is 0 Å². The molecule has 0 fully saturated rings. The van der Waals surface area contributed by atoms with Crippen LogP contribution < -0.4 is 10.4 Å². The van der Waals surface area contributed by atoms with Crippen LogP contribution in [-0.4, -0.2) is 38.0 Å². The molecule has 1 heterocycles. The zero-order chi connectivity index (χ0) is 14.0. The molecule has 0 saturated carbocycles. The number of aromatic nitrogens is 4. The summed E-state index contributed by atoms with van der Waals surface area (Å²) in [5.74, 6) is -0.831. The van der Waals surface area contributed by atoms with E-state index < -0.39 is 5.97 Å². The number of hydrogen-bond donors (Lipinski definition) is 1. The molecule has 0 atom stereocenters. The fourth-order valence-electron chi connectivity index (χ4n) is 1.63. The van der Waals surface area contributed by atoms with Crippen LogP contribution in [0.1, 0.15) is 15.9 Å². The van der Waals surface area contributed by atoms with Gasteiger partial charge in [-0.1, -0.05) is 6.07 Å². The molecule has 2 rings (SSSR count). The third-order valence-corrected chi connectivity index (χ3v) is 2.61. The highest BCUT2D eigenvalue weighted by Crippen LogP contribution is 2.20. The van der Waals surface area contributed by atoms with Gasteiger partial charge in [0.15, 0.2) is 0 Å². The number of benzene rings is 1. The predicted octanol–water partition coefficient (Wildman–Crippen LogP) is -0.268. The van der Waals surface area contributed by atoms with Crippen LogP contribution in [0.4, 0.5) is 0 Å². The molecule has 8 heteroatoms. The second kappa shape index (κ2) is 4.92. The predicted molar refractivity (Wildman–Crippen MR) is 64.3 cm³/mol. The first kappa shape index (κ1) is 12.8. The number of tetrazole rings is 1. The number of aromatic carboxylic acids is 1. The molecule has 0 radical (unpaired) electrons. The van der Waals surface area contributed by atoms with Gasteiger partial charge in [-0.15, -0.1) is 0 Å². The molecule has 8 nitrogen and oxygen atoms in total. The van der Waals surface area contributed by atoms with Gasteiger partial charge in [0.05, 0.1) is 13.7 Å². The van der Waals surface area contributed by atoms with Gasteiger partial charge in [0.25, 0.3) is 0 Å². The molecule has 0 amide bonds. The molecule has 0 unspecified atom stereocenters. The molecule has 0 aliphatic heterocycles. The second-order valence-electron chi connectivity index (χ2n) is 3.88. The van der Waals surface area contributed by atoms with E-state index in [2.05, 4.69) is 10.4 Å². The maximum Gasteiger partial charge on any atom is 0.363 e. The van der Waals surface area contributed by atoms with Crippen molar-refractivity contribution in [2.24, 2.45) is 7.05 Å². The minimum absolute atomic E-state index is 0.0674. The number of carboxylic acids is 1. The summed E-state index contributed by atoms with van der Waals surface area (Å²) in [6, 6.07) is 4.59. The van der Waals surface area contributed by atoms with E-state index in [9.17, 15) is 9.59 Å². The molecule has 1 aromatic carbocycles. The molecule has 0 aliphatic carbocycles. The quantitative estimate of drug-likeness (QED) is 0.816. The number of rotatable bonds is 4.